The molecule has 0 aliphatic carbocycles. The predicted octanol–water partition coefficient (Wildman–Crippen LogP) is 2.56. The quantitative estimate of drug-likeness (QED) is 0.756. The molecule has 0 atom stereocenters. The average molecular weight is 372 g/mol. The van der Waals surface area contributed by atoms with Gasteiger partial charge in [-0.2, -0.15) is 0 Å². The van der Waals surface area contributed by atoms with E-state index in [1.54, 1.807) is 0 Å². The highest BCUT2D eigenvalue weighted by Gasteiger charge is 2.16. The second-order valence-electron chi connectivity index (χ2n) is 6.62. The van der Waals surface area contributed by atoms with Crippen molar-refractivity contribution in [3.05, 3.63) is 69.8 Å². The molecular formula is C20H22F2N4O. The van der Waals surface area contributed by atoms with E-state index < -0.39 is 17.5 Å². The van der Waals surface area contributed by atoms with Crippen LogP contribution in [0.5, 0.6) is 0 Å². The second-order valence-corrected chi connectivity index (χ2v) is 6.62. The van der Waals surface area contributed by atoms with Crippen LogP contribution in [0.4, 0.5) is 8.78 Å². The molecule has 3 N–H and O–H groups in total. The summed E-state index contributed by atoms with van der Waals surface area (Å²) in [5, 5.41) is 8.65. The van der Waals surface area contributed by atoms with Gasteiger partial charge in [-0.3, -0.25) is 9.79 Å². The Hall–Kier alpha value is -2.96. The Morgan fingerprint density at radius 3 is 2.52 bits per heavy atom. The van der Waals surface area contributed by atoms with Crippen molar-refractivity contribution in [3.63, 3.8) is 0 Å². The van der Waals surface area contributed by atoms with Gasteiger partial charge in [-0.25, -0.2) is 8.78 Å². The van der Waals surface area contributed by atoms with Crippen LogP contribution in [-0.4, -0.2) is 25.0 Å². The van der Waals surface area contributed by atoms with Crippen LogP contribution < -0.4 is 16.0 Å². The van der Waals surface area contributed by atoms with Gasteiger partial charge in [0.2, 0.25) is 0 Å². The van der Waals surface area contributed by atoms with E-state index in [9.17, 15) is 13.6 Å². The minimum atomic E-state index is -1.05. The number of guanidine groups is 1. The molecule has 0 fully saturated rings. The average Bonchev–Trinajstić information content (AvgIpc) is 3.13. The third-order valence-corrected chi connectivity index (χ3v) is 4.22. The van der Waals surface area contributed by atoms with Gasteiger partial charge in [0, 0.05) is 30.8 Å². The number of carbonyl (C=O) groups excluding carboxylic acids is 1. The lowest BCUT2D eigenvalue weighted by molar-refractivity contribution is 0.0950. The van der Waals surface area contributed by atoms with Crippen molar-refractivity contribution in [1.29, 1.82) is 0 Å². The summed E-state index contributed by atoms with van der Waals surface area (Å²) in [5.41, 5.74) is 3.31. The van der Waals surface area contributed by atoms with Crippen LogP contribution in [0, 0.1) is 25.5 Å². The number of hydrogen-bond acceptors (Lipinski definition) is 4. The SMILES string of the molecule is Cc1cc(C)cc(CNC(=O)c2cc(F)c(F)c(CNC3=NCCN3)c2)c1. The van der Waals surface area contributed by atoms with Crippen molar-refractivity contribution in [1.82, 2.24) is 16.0 Å². The van der Waals surface area contributed by atoms with Gasteiger partial charge in [0.05, 0.1) is 6.54 Å². The number of amides is 1. The molecule has 0 saturated heterocycles. The van der Waals surface area contributed by atoms with Crippen LogP contribution in [0.2, 0.25) is 0 Å². The Labute approximate surface area is 156 Å². The highest BCUT2D eigenvalue weighted by atomic mass is 19.2. The molecule has 5 nitrogen and oxygen atoms in total. The van der Waals surface area contributed by atoms with Gasteiger partial charge >= 0.3 is 0 Å². The van der Waals surface area contributed by atoms with Crippen LogP contribution in [0.1, 0.15) is 32.6 Å². The summed E-state index contributed by atoms with van der Waals surface area (Å²) in [5.74, 6) is -1.93. The molecule has 2 aromatic carbocycles. The normalized spacial score (nSPS) is 13.1. The maximum absolute atomic E-state index is 14.1. The summed E-state index contributed by atoms with van der Waals surface area (Å²) >= 11 is 0. The molecule has 2 aromatic rings. The van der Waals surface area contributed by atoms with Crippen molar-refractivity contribution >= 4 is 11.9 Å². The molecule has 142 valence electrons. The Morgan fingerprint density at radius 2 is 1.85 bits per heavy atom. The fraction of sp³-hybridized carbons (Fsp3) is 0.300. The van der Waals surface area contributed by atoms with Gasteiger partial charge in [-0.1, -0.05) is 29.3 Å². The number of aryl methyl sites for hydroxylation is 2. The molecule has 0 spiro atoms. The molecule has 3 rings (SSSR count). The van der Waals surface area contributed by atoms with Gasteiger partial charge in [-0.05, 0) is 31.5 Å². The lowest BCUT2D eigenvalue weighted by atomic mass is 10.1. The fourth-order valence-electron chi connectivity index (χ4n) is 3.06. The summed E-state index contributed by atoms with van der Waals surface area (Å²) in [6.07, 6.45) is 0. The number of nitrogens with one attached hydrogen (secondary N) is 3. The number of benzene rings is 2. The molecule has 0 saturated carbocycles. The van der Waals surface area contributed by atoms with E-state index in [1.165, 1.54) is 6.07 Å². The zero-order chi connectivity index (χ0) is 19.4. The molecule has 1 amide bonds. The minimum absolute atomic E-state index is 0.0345. The van der Waals surface area contributed by atoms with Crippen LogP contribution >= 0.6 is 0 Å². The summed E-state index contributed by atoms with van der Waals surface area (Å²) in [7, 11) is 0. The highest BCUT2D eigenvalue weighted by molar-refractivity contribution is 5.94. The first-order valence-corrected chi connectivity index (χ1v) is 8.78. The maximum Gasteiger partial charge on any atom is 0.251 e. The molecule has 0 radical (unpaired) electrons. The van der Waals surface area contributed by atoms with Gasteiger partial charge in [0.15, 0.2) is 17.6 Å². The van der Waals surface area contributed by atoms with Gasteiger partial charge in [0.25, 0.3) is 5.91 Å². The molecule has 1 aliphatic rings. The number of halogens is 2. The van der Waals surface area contributed by atoms with Crippen LogP contribution in [0.25, 0.3) is 0 Å². The maximum atomic E-state index is 14.1. The third-order valence-electron chi connectivity index (χ3n) is 4.22. The van der Waals surface area contributed by atoms with Crippen LogP contribution in [0.15, 0.2) is 35.3 Å². The van der Waals surface area contributed by atoms with E-state index in [0.717, 1.165) is 22.8 Å². The summed E-state index contributed by atoms with van der Waals surface area (Å²) in [6.45, 7) is 5.66. The molecule has 0 bridgehead atoms. The van der Waals surface area contributed by atoms with Crippen LogP contribution in [0.3, 0.4) is 0 Å². The molecular weight excluding hydrogens is 350 g/mol. The van der Waals surface area contributed by atoms with Crippen molar-refractivity contribution in [2.45, 2.75) is 26.9 Å². The van der Waals surface area contributed by atoms with E-state index in [0.29, 0.717) is 25.6 Å². The summed E-state index contributed by atoms with van der Waals surface area (Å²) in [6, 6.07) is 8.27. The van der Waals surface area contributed by atoms with Crippen molar-refractivity contribution in [3.8, 4) is 0 Å². The first-order valence-electron chi connectivity index (χ1n) is 8.78. The van der Waals surface area contributed by atoms with E-state index >= 15 is 0 Å². The Morgan fingerprint density at radius 1 is 1.11 bits per heavy atom. The van der Waals surface area contributed by atoms with Crippen molar-refractivity contribution in [2.24, 2.45) is 4.99 Å². The number of rotatable bonds is 5. The Kier molecular flexibility index (Phi) is 5.69. The first kappa shape index (κ1) is 18.8. The Bertz CT molecular complexity index is 876. The lowest BCUT2D eigenvalue weighted by Crippen LogP contribution is -2.33. The molecule has 1 aliphatic heterocycles. The van der Waals surface area contributed by atoms with E-state index in [4.69, 9.17) is 0 Å². The largest absolute Gasteiger partial charge is 0.355 e. The number of aliphatic imine (C=N–C) groups is 1. The minimum Gasteiger partial charge on any atom is -0.355 e. The molecule has 0 aromatic heterocycles. The standard InChI is InChI=1S/C20H22F2N4O/c1-12-5-13(2)7-14(6-12)10-25-19(27)15-8-16(18(22)17(21)9-15)11-26-20-23-3-4-24-20/h5-9H,3-4,10-11H2,1-2H3,(H,25,27)(H2,23,24,26). The highest BCUT2D eigenvalue weighted by Crippen LogP contribution is 2.16. The molecule has 1 heterocycles. The van der Waals surface area contributed by atoms with Gasteiger partial charge in [0.1, 0.15) is 0 Å². The first-order chi connectivity index (χ1) is 12.9. The smallest absolute Gasteiger partial charge is 0.251 e. The number of carbonyl (C=O) groups is 1. The number of hydrogen-bond donors (Lipinski definition) is 3. The van der Waals surface area contributed by atoms with Gasteiger partial charge < -0.3 is 16.0 Å². The van der Waals surface area contributed by atoms with Crippen molar-refractivity contribution < 1.29 is 13.6 Å². The molecule has 27 heavy (non-hydrogen) atoms. The monoisotopic (exact) mass is 372 g/mol. The fourth-order valence-corrected chi connectivity index (χ4v) is 3.06. The summed E-state index contributed by atoms with van der Waals surface area (Å²) < 4.78 is 28.0. The van der Waals surface area contributed by atoms with Crippen LogP contribution in [-0.2, 0) is 13.1 Å². The summed E-state index contributed by atoms with van der Waals surface area (Å²) in [4.78, 5) is 16.5. The zero-order valence-electron chi connectivity index (χ0n) is 15.3. The number of nitrogens with zero attached hydrogens (tertiary/aromatic N) is 1. The third kappa shape index (κ3) is 4.81. The predicted molar refractivity (Wildman–Crippen MR) is 101 cm³/mol. The van der Waals surface area contributed by atoms with E-state index in [1.807, 2.05) is 32.0 Å². The molecule has 0 unspecified atom stereocenters. The lowest BCUT2D eigenvalue weighted by Gasteiger charge is -2.11. The molecule has 7 heteroatoms. The Balaban J connectivity index is 1.69. The zero-order valence-corrected chi connectivity index (χ0v) is 15.3. The van der Waals surface area contributed by atoms with Crippen molar-refractivity contribution in [2.75, 3.05) is 13.1 Å². The second kappa shape index (κ2) is 8.16. The van der Waals surface area contributed by atoms with E-state index in [-0.39, 0.29) is 17.7 Å². The topological polar surface area (TPSA) is 65.5 Å². The van der Waals surface area contributed by atoms with Gasteiger partial charge in [-0.15, -0.1) is 0 Å². The van der Waals surface area contributed by atoms with E-state index in [2.05, 4.69) is 20.9 Å².